The van der Waals surface area contributed by atoms with E-state index in [1.54, 1.807) is 36.0 Å². The molecule has 2 aromatic rings. The SMILES string of the molecule is O=C(O)CN1C(=O)C(NCC(=O)C(Cc2ccccc2)NC(=O)c2ccccc2)CSC2C=CC=CC21. The van der Waals surface area contributed by atoms with E-state index in [0.717, 1.165) is 5.56 Å². The van der Waals surface area contributed by atoms with Crippen LogP contribution in [-0.4, -0.2) is 75.8 Å². The van der Waals surface area contributed by atoms with Crippen molar-refractivity contribution in [2.24, 2.45) is 0 Å². The van der Waals surface area contributed by atoms with Gasteiger partial charge in [0.1, 0.15) is 6.54 Å². The van der Waals surface area contributed by atoms with Crippen molar-refractivity contribution < 1.29 is 24.3 Å². The molecule has 1 fully saturated rings. The standard InChI is InChI=1S/C28H29N3O5S/c32-24(21(15-19-9-3-1-4-10-19)30-27(35)20-11-5-2-6-12-20)16-29-22-18-37-25-14-8-7-13-23(25)31(28(22)36)17-26(33)34/h1-14,21-23,25,29H,15-18H2,(H,30,35)(H,33,34). The smallest absolute Gasteiger partial charge is 0.323 e. The fraction of sp³-hybridized carbons (Fsp3) is 0.286. The van der Waals surface area contributed by atoms with E-state index in [4.69, 9.17) is 0 Å². The van der Waals surface area contributed by atoms with Gasteiger partial charge in [0.25, 0.3) is 5.91 Å². The minimum absolute atomic E-state index is 0.0632. The van der Waals surface area contributed by atoms with E-state index in [0.29, 0.717) is 17.7 Å². The van der Waals surface area contributed by atoms with Gasteiger partial charge >= 0.3 is 5.97 Å². The molecule has 3 N–H and O–H groups in total. The Labute approximate surface area is 219 Å². The molecule has 2 aliphatic rings. The number of rotatable bonds is 10. The lowest BCUT2D eigenvalue weighted by atomic mass is 10.0. The van der Waals surface area contributed by atoms with Crippen LogP contribution < -0.4 is 10.6 Å². The molecule has 8 nitrogen and oxygen atoms in total. The number of carbonyl (C=O) groups is 4. The van der Waals surface area contributed by atoms with Crippen LogP contribution >= 0.6 is 11.8 Å². The fourth-order valence-electron chi connectivity index (χ4n) is 4.38. The number of amides is 2. The maximum atomic E-state index is 13.3. The van der Waals surface area contributed by atoms with Crippen LogP contribution in [0.3, 0.4) is 0 Å². The van der Waals surface area contributed by atoms with Crippen LogP contribution in [0.2, 0.25) is 0 Å². The number of carboxylic acid groups (broad SMARTS) is 1. The van der Waals surface area contributed by atoms with Gasteiger partial charge in [-0.2, -0.15) is 0 Å². The molecule has 0 saturated carbocycles. The zero-order valence-corrected chi connectivity index (χ0v) is 21.0. The highest BCUT2D eigenvalue weighted by Crippen LogP contribution is 2.29. The molecule has 9 heteroatoms. The van der Waals surface area contributed by atoms with Crippen molar-refractivity contribution in [1.82, 2.24) is 15.5 Å². The van der Waals surface area contributed by atoms with E-state index >= 15 is 0 Å². The largest absolute Gasteiger partial charge is 0.480 e. The lowest BCUT2D eigenvalue weighted by molar-refractivity contribution is -0.146. The molecule has 192 valence electrons. The van der Waals surface area contributed by atoms with Gasteiger partial charge in [-0.15, -0.1) is 11.8 Å². The average molecular weight is 520 g/mol. The third-order valence-corrected chi connectivity index (χ3v) is 7.64. The van der Waals surface area contributed by atoms with E-state index in [-0.39, 0.29) is 35.4 Å². The maximum absolute atomic E-state index is 13.3. The summed E-state index contributed by atoms with van der Waals surface area (Å²) in [6.07, 6.45) is 7.79. The van der Waals surface area contributed by atoms with Gasteiger partial charge in [-0.05, 0) is 24.1 Å². The second kappa shape index (κ2) is 12.5. The number of fused-ring (bicyclic) bond motifs is 1. The van der Waals surface area contributed by atoms with Gasteiger partial charge in [-0.25, -0.2) is 0 Å². The monoisotopic (exact) mass is 519 g/mol. The van der Waals surface area contributed by atoms with Crippen LogP contribution in [0.25, 0.3) is 0 Å². The summed E-state index contributed by atoms with van der Waals surface area (Å²) in [4.78, 5) is 52.3. The number of carboxylic acids is 1. The first kappa shape index (κ1) is 26.4. The zero-order chi connectivity index (χ0) is 26.2. The van der Waals surface area contributed by atoms with E-state index in [1.807, 2.05) is 60.7 Å². The number of benzene rings is 2. The molecule has 0 radical (unpaired) electrons. The normalized spacial score (nSPS) is 21.6. The first-order chi connectivity index (χ1) is 17.9. The van der Waals surface area contributed by atoms with Gasteiger partial charge < -0.3 is 15.3 Å². The number of thioether (sulfide) groups is 1. The molecular formula is C28H29N3O5S. The van der Waals surface area contributed by atoms with Gasteiger partial charge in [-0.3, -0.25) is 24.5 Å². The minimum Gasteiger partial charge on any atom is -0.480 e. The molecule has 0 bridgehead atoms. The van der Waals surface area contributed by atoms with E-state index in [2.05, 4.69) is 10.6 Å². The second-order valence-electron chi connectivity index (χ2n) is 8.90. The summed E-state index contributed by atoms with van der Waals surface area (Å²) in [5.74, 6) is -1.68. The lowest BCUT2D eigenvalue weighted by Crippen LogP contribution is -2.54. The van der Waals surface area contributed by atoms with Gasteiger partial charge in [0.2, 0.25) is 5.91 Å². The third kappa shape index (κ3) is 6.96. The number of Topliss-reactive ketones (excluding diaryl/α,β-unsaturated/α-hetero) is 1. The lowest BCUT2D eigenvalue weighted by Gasteiger charge is -2.32. The Balaban J connectivity index is 1.47. The quantitative estimate of drug-likeness (QED) is 0.440. The van der Waals surface area contributed by atoms with Crippen molar-refractivity contribution in [3.63, 3.8) is 0 Å². The van der Waals surface area contributed by atoms with Crippen molar-refractivity contribution in [1.29, 1.82) is 0 Å². The minimum atomic E-state index is -1.09. The number of carbonyl (C=O) groups excluding carboxylic acids is 3. The number of hydrogen-bond donors (Lipinski definition) is 3. The van der Waals surface area contributed by atoms with Crippen molar-refractivity contribution in [2.75, 3.05) is 18.8 Å². The predicted octanol–water partition coefficient (Wildman–Crippen LogP) is 2.08. The molecular weight excluding hydrogens is 490 g/mol. The molecule has 1 aliphatic heterocycles. The van der Waals surface area contributed by atoms with Crippen molar-refractivity contribution in [3.8, 4) is 0 Å². The summed E-state index contributed by atoms with van der Waals surface area (Å²) in [7, 11) is 0. The van der Waals surface area contributed by atoms with Gasteiger partial charge in [0.15, 0.2) is 5.78 Å². The molecule has 4 atom stereocenters. The molecule has 2 amide bonds. The molecule has 1 saturated heterocycles. The van der Waals surface area contributed by atoms with Gasteiger partial charge in [0, 0.05) is 16.6 Å². The maximum Gasteiger partial charge on any atom is 0.323 e. The number of ketones is 1. The summed E-state index contributed by atoms with van der Waals surface area (Å²) in [6.45, 7) is -0.569. The highest BCUT2D eigenvalue weighted by molar-refractivity contribution is 8.00. The Bertz CT molecular complexity index is 1180. The number of nitrogens with zero attached hydrogens (tertiary/aromatic N) is 1. The summed E-state index contributed by atoms with van der Waals surface area (Å²) in [5, 5.41) is 15.2. The fourth-order valence-corrected chi connectivity index (χ4v) is 5.70. The van der Waals surface area contributed by atoms with E-state index < -0.39 is 24.6 Å². The second-order valence-corrected chi connectivity index (χ2v) is 10.1. The van der Waals surface area contributed by atoms with Gasteiger partial charge in [0.05, 0.1) is 24.7 Å². The van der Waals surface area contributed by atoms with Crippen LogP contribution in [-0.2, 0) is 20.8 Å². The van der Waals surface area contributed by atoms with E-state index in [1.165, 1.54) is 4.90 Å². The predicted molar refractivity (Wildman–Crippen MR) is 142 cm³/mol. The Morgan fingerprint density at radius 3 is 2.38 bits per heavy atom. The number of hydrogen-bond acceptors (Lipinski definition) is 6. The third-order valence-electron chi connectivity index (χ3n) is 6.29. The number of nitrogens with one attached hydrogen (secondary N) is 2. The van der Waals surface area contributed by atoms with Crippen LogP contribution in [0.4, 0.5) is 0 Å². The Morgan fingerprint density at radius 1 is 1.00 bits per heavy atom. The van der Waals surface area contributed by atoms with Gasteiger partial charge in [-0.1, -0.05) is 72.8 Å². The summed E-state index contributed by atoms with van der Waals surface area (Å²) >= 11 is 1.54. The van der Waals surface area contributed by atoms with Crippen molar-refractivity contribution in [2.45, 2.75) is 29.8 Å². The molecule has 4 rings (SSSR count). The summed E-state index contributed by atoms with van der Waals surface area (Å²) < 4.78 is 0. The first-order valence-electron chi connectivity index (χ1n) is 12.1. The number of allylic oxidation sites excluding steroid dienone is 2. The summed E-state index contributed by atoms with van der Waals surface area (Å²) in [6, 6.07) is 16.2. The van der Waals surface area contributed by atoms with Crippen molar-refractivity contribution >= 4 is 35.3 Å². The number of aliphatic carboxylic acids is 1. The topological polar surface area (TPSA) is 116 Å². The summed E-state index contributed by atoms with van der Waals surface area (Å²) in [5.41, 5.74) is 1.34. The molecule has 1 heterocycles. The molecule has 2 aromatic carbocycles. The molecule has 4 unspecified atom stereocenters. The Hall–Kier alpha value is -3.69. The molecule has 37 heavy (non-hydrogen) atoms. The Kier molecular flexibility index (Phi) is 8.92. The average Bonchev–Trinajstić information content (AvgIpc) is 3.04. The first-order valence-corrected chi connectivity index (χ1v) is 13.1. The van der Waals surface area contributed by atoms with Crippen LogP contribution in [0.1, 0.15) is 15.9 Å². The highest BCUT2D eigenvalue weighted by atomic mass is 32.2. The van der Waals surface area contributed by atoms with Crippen LogP contribution in [0.5, 0.6) is 0 Å². The molecule has 1 aliphatic carbocycles. The molecule has 0 spiro atoms. The molecule has 0 aromatic heterocycles. The zero-order valence-electron chi connectivity index (χ0n) is 20.2. The Morgan fingerprint density at radius 2 is 1.68 bits per heavy atom. The van der Waals surface area contributed by atoms with Crippen LogP contribution in [0, 0.1) is 0 Å². The highest BCUT2D eigenvalue weighted by Gasteiger charge is 2.38. The van der Waals surface area contributed by atoms with Crippen LogP contribution in [0.15, 0.2) is 85.0 Å². The van der Waals surface area contributed by atoms with E-state index in [9.17, 15) is 24.3 Å². The van der Waals surface area contributed by atoms with Crippen molar-refractivity contribution in [3.05, 3.63) is 96.1 Å².